The topological polar surface area (TPSA) is 77.3 Å². The molecule has 0 aliphatic heterocycles. The highest BCUT2D eigenvalue weighted by atomic mass is 15.0. The van der Waals surface area contributed by atoms with E-state index in [4.69, 9.17) is 15.0 Å². The van der Waals surface area contributed by atoms with E-state index in [1.807, 2.05) is 91.1 Å². The van der Waals surface area contributed by atoms with E-state index in [0.29, 0.717) is 23.3 Å². The van der Waals surface area contributed by atoms with Crippen LogP contribution < -0.4 is 0 Å². The first-order valence-corrected chi connectivity index (χ1v) is 16.1. The Balaban J connectivity index is 1.23. The van der Waals surface area contributed by atoms with Crippen LogP contribution in [0.25, 0.3) is 67.9 Å². The highest BCUT2D eigenvalue weighted by molar-refractivity contribution is 5.75. The Hall–Kier alpha value is -6.66. The average molecular weight is 631 g/mol. The number of hydrogen-bond acceptors (Lipinski definition) is 6. The highest BCUT2D eigenvalue weighted by Gasteiger charge is 2.15. The van der Waals surface area contributed by atoms with Crippen molar-refractivity contribution in [3.63, 3.8) is 0 Å². The molecule has 0 N–H and O–H groups in total. The predicted octanol–water partition coefficient (Wildman–Crippen LogP) is 9.65. The first-order chi connectivity index (χ1) is 24.2. The van der Waals surface area contributed by atoms with E-state index >= 15 is 0 Å². The number of nitrogens with zero attached hydrogens (tertiary/aromatic N) is 6. The van der Waals surface area contributed by atoms with Gasteiger partial charge in [0.25, 0.3) is 0 Å². The number of benzene rings is 5. The molecule has 8 rings (SSSR count). The largest absolute Gasteiger partial charge is 0.256 e. The van der Waals surface area contributed by atoms with Crippen LogP contribution in [0, 0.1) is 0 Å². The SMILES string of the molecule is c1ccc(-c2nc(-c3ccccc3)nc(-c3cc(Cc4ccc(-c5ncccn5)cc4)cc(-c4ccc(-c5ccccn5)cc4)c3)n2)cc1. The molecule has 0 aliphatic rings. The normalized spacial score (nSPS) is 10.9. The van der Waals surface area contributed by atoms with Crippen molar-refractivity contribution in [3.8, 4) is 67.9 Å². The van der Waals surface area contributed by atoms with Crippen LogP contribution in [0.5, 0.6) is 0 Å². The van der Waals surface area contributed by atoms with Gasteiger partial charge in [0, 0.05) is 46.4 Å². The van der Waals surface area contributed by atoms with Crippen LogP contribution in [0.15, 0.2) is 170 Å². The van der Waals surface area contributed by atoms with Crippen molar-refractivity contribution in [1.82, 2.24) is 29.9 Å². The van der Waals surface area contributed by atoms with E-state index in [1.54, 1.807) is 12.4 Å². The fourth-order valence-electron chi connectivity index (χ4n) is 5.85. The molecule has 0 atom stereocenters. The quantitative estimate of drug-likeness (QED) is 0.166. The summed E-state index contributed by atoms with van der Waals surface area (Å²) in [7, 11) is 0. The number of pyridine rings is 1. The summed E-state index contributed by atoms with van der Waals surface area (Å²) in [6, 6.07) is 51.5. The Morgan fingerprint density at radius 3 is 1.43 bits per heavy atom. The second-order valence-electron chi connectivity index (χ2n) is 11.7. The summed E-state index contributed by atoms with van der Waals surface area (Å²) in [6.07, 6.45) is 6.07. The van der Waals surface area contributed by atoms with Crippen molar-refractivity contribution in [3.05, 3.63) is 181 Å². The van der Waals surface area contributed by atoms with Crippen molar-refractivity contribution < 1.29 is 0 Å². The van der Waals surface area contributed by atoms with Gasteiger partial charge < -0.3 is 0 Å². The third-order valence-corrected chi connectivity index (χ3v) is 8.32. The maximum atomic E-state index is 5.04. The van der Waals surface area contributed by atoms with E-state index in [2.05, 4.69) is 81.7 Å². The summed E-state index contributed by atoms with van der Waals surface area (Å²) >= 11 is 0. The molecule has 6 nitrogen and oxygen atoms in total. The van der Waals surface area contributed by atoms with Gasteiger partial charge in [-0.3, -0.25) is 4.98 Å². The van der Waals surface area contributed by atoms with Gasteiger partial charge in [0.15, 0.2) is 23.3 Å². The van der Waals surface area contributed by atoms with Crippen molar-refractivity contribution in [2.24, 2.45) is 0 Å². The smallest absolute Gasteiger partial charge is 0.164 e. The Kier molecular flexibility index (Phi) is 8.25. The van der Waals surface area contributed by atoms with Gasteiger partial charge in [0.1, 0.15) is 0 Å². The maximum absolute atomic E-state index is 5.04. The molecular formula is C43H30N6. The second kappa shape index (κ2) is 13.6. The molecule has 6 heteroatoms. The zero-order chi connectivity index (χ0) is 32.8. The molecule has 0 unspecified atom stereocenters. The molecular weight excluding hydrogens is 601 g/mol. The second-order valence-corrected chi connectivity index (χ2v) is 11.7. The van der Waals surface area contributed by atoms with Gasteiger partial charge in [-0.05, 0) is 59.0 Å². The van der Waals surface area contributed by atoms with Crippen molar-refractivity contribution in [2.45, 2.75) is 6.42 Å². The first kappa shape index (κ1) is 29.7. The van der Waals surface area contributed by atoms with E-state index < -0.39 is 0 Å². The molecule has 3 aromatic heterocycles. The Morgan fingerprint density at radius 2 is 0.816 bits per heavy atom. The minimum absolute atomic E-state index is 0.623. The fourth-order valence-corrected chi connectivity index (χ4v) is 5.85. The molecule has 0 bridgehead atoms. The lowest BCUT2D eigenvalue weighted by atomic mass is 9.95. The highest BCUT2D eigenvalue weighted by Crippen LogP contribution is 2.32. The lowest BCUT2D eigenvalue weighted by Crippen LogP contribution is -2.01. The van der Waals surface area contributed by atoms with E-state index in [-0.39, 0.29) is 0 Å². The van der Waals surface area contributed by atoms with Crippen LogP contribution in [-0.4, -0.2) is 29.9 Å². The van der Waals surface area contributed by atoms with Gasteiger partial charge in [-0.25, -0.2) is 24.9 Å². The minimum Gasteiger partial charge on any atom is -0.256 e. The van der Waals surface area contributed by atoms with Gasteiger partial charge in [0.05, 0.1) is 5.69 Å². The molecule has 0 saturated heterocycles. The molecule has 0 spiro atoms. The monoisotopic (exact) mass is 630 g/mol. The molecule has 0 aliphatic carbocycles. The third kappa shape index (κ3) is 6.75. The Morgan fingerprint density at radius 1 is 0.306 bits per heavy atom. The lowest BCUT2D eigenvalue weighted by Gasteiger charge is -2.13. The molecule has 8 aromatic rings. The number of hydrogen-bond donors (Lipinski definition) is 0. The fraction of sp³-hybridized carbons (Fsp3) is 0.0233. The molecule has 5 aromatic carbocycles. The van der Waals surface area contributed by atoms with Crippen molar-refractivity contribution >= 4 is 0 Å². The van der Waals surface area contributed by atoms with Gasteiger partial charge in [0.2, 0.25) is 0 Å². The molecule has 0 radical (unpaired) electrons. The molecule has 232 valence electrons. The van der Waals surface area contributed by atoms with Crippen LogP contribution in [0.2, 0.25) is 0 Å². The Labute approximate surface area is 285 Å². The summed E-state index contributed by atoms with van der Waals surface area (Å²) in [5, 5.41) is 0. The van der Waals surface area contributed by atoms with E-state index in [9.17, 15) is 0 Å². The Bertz CT molecular complexity index is 2250. The van der Waals surface area contributed by atoms with Gasteiger partial charge in [-0.1, -0.05) is 121 Å². The van der Waals surface area contributed by atoms with Crippen LogP contribution in [0.4, 0.5) is 0 Å². The summed E-state index contributed by atoms with van der Waals surface area (Å²) in [6.45, 7) is 0. The van der Waals surface area contributed by atoms with Crippen LogP contribution >= 0.6 is 0 Å². The molecule has 0 amide bonds. The average Bonchev–Trinajstić information content (AvgIpc) is 3.19. The number of rotatable bonds is 8. The van der Waals surface area contributed by atoms with Gasteiger partial charge in [-0.2, -0.15) is 0 Å². The number of aromatic nitrogens is 6. The maximum Gasteiger partial charge on any atom is 0.164 e. The third-order valence-electron chi connectivity index (χ3n) is 8.32. The van der Waals surface area contributed by atoms with E-state index in [0.717, 1.165) is 56.6 Å². The summed E-state index contributed by atoms with van der Waals surface area (Å²) in [5.41, 5.74) is 10.3. The molecule has 0 saturated carbocycles. The molecule has 0 fully saturated rings. The summed E-state index contributed by atoms with van der Waals surface area (Å²) in [4.78, 5) is 28.3. The summed E-state index contributed by atoms with van der Waals surface area (Å²) < 4.78 is 0. The van der Waals surface area contributed by atoms with Gasteiger partial charge >= 0.3 is 0 Å². The minimum atomic E-state index is 0.623. The zero-order valence-electron chi connectivity index (χ0n) is 26.6. The summed E-state index contributed by atoms with van der Waals surface area (Å²) in [5.74, 6) is 2.60. The standard InChI is InChI=1S/C43H30N6/c1-3-10-34(11-4-1)41-47-42(35-12-5-2-6-13-35)49-43(48-41)38-28-31(26-30-15-17-36(18-16-30)40-45-24-9-25-46-40)27-37(29-38)32-19-21-33(22-20-32)39-14-7-8-23-44-39/h1-25,27-29H,26H2. The van der Waals surface area contributed by atoms with Gasteiger partial charge in [-0.15, -0.1) is 0 Å². The predicted molar refractivity (Wildman–Crippen MR) is 195 cm³/mol. The molecule has 3 heterocycles. The van der Waals surface area contributed by atoms with Crippen molar-refractivity contribution in [1.29, 1.82) is 0 Å². The van der Waals surface area contributed by atoms with Crippen LogP contribution in [0.3, 0.4) is 0 Å². The van der Waals surface area contributed by atoms with Crippen LogP contribution in [-0.2, 0) is 6.42 Å². The van der Waals surface area contributed by atoms with Crippen LogP contribution in [0.1, 0.15) is 11.1 Å². The molecule has 49 heavy (non-hydrogen) atoms. The zero-order valence-corrected chi connectivity index (χ0v) is 26.6. The first-order valence-electron chi connectivity index (χ1n) is 16.1. The van der Waals surface area contributed by atoms with E-state index in [1.165, 1.54) is 5.56 Å². The van der Waals surface area contributed by atoms with Crippen molar-refractivity contribution in [2.75, 3.05) is 0 Å². The lowest BCUT2D eigenvalue weighted by molar-refractivity contribution is 1.07.